The molecule has 0 radical (unpaired) electrons. The number of nitrogens with zero attached hydrogens (tertiary/aromatic N) is 2. The molecule has 138 valence electrons. The fourth-order valence-electron chi connectivity index (χ4n) is 3.56. The van der Waals surface area contributed by atoms with Crippen LogP contribution < -0.4 is 5.32 Å². The Morgan fingerprint density at radius 2 is 1.58 bits per heavy atom. The quantitative estimate of drug-likeness (QED) is 0.896. The summed E-state index contributed by atoms with van der Waals surface area (Å²) in [4.78, 5) is 17.5. The summed E-state index contributed by atoms with van der Waals surface area (Å²) in [5.74, 6) is 0.0823. The summed E-state index contributed by atoms with van der Waals surface area (Å²) >= 11 is 0. The molecule has 3 rings (SSSR count). The fourth-order valence-corrected chi connectivity index (χ4v) is 3.56. The second kappa shape index (κ2) is 8.47. The Bertz CT molecular complexity index is 716. The van der Waals surface area contributed by atoms with Crippen molar-refractivity contribution in [3.05, 3.63) is 65.2 Å². The molecule has 26 heavy (non-hydrogen) atoms. The van der Waals surface area contributed by atoms with Gasteiger partial charge in [0.2, 0.25) is 5.91 Å². The zero-order valence-corrected chi connectivity index (χ0v) is 16.0. The summed E-state index contributed by atoms with van der Waals surface area (Å²) < 4.78 is 0. The Hall–Kier alpha value is -2.17. The number of nitrogens with one attached hydrogen (secondary N) is 1. The van der Waals surface area contributed by atoms with Gasteiger partial charge >= 0.3 is 0 Å². The first-order valence-corrected chi connectivity index (χ1v) is 9.42. The summed E-state index contributed by atoms with van der Waals surface area (Å²) in [7, 11) is 0. The largest absolute Gasteiger partial charge is 0.324 e. The molecule has 4 nitrogen and oxygen atoms in total. The average molecular weight is 351 g/mol. The summed E-state index contributed by atoms with van der Waals surface area (Å²) in [5.41, 5.74) is 4.52. The molecule has 1 atom stereocenters. The van der Waals surface area contributed by atoms with E-state index in [1.54, 1.807) is 0 Å². The first-order chi connectivity index (χ1) is 12.5. The number of piperazine rings is 1. The molecule has 4 heteroatoms. The smallest absolute Gasteiger partial charge is 0.241 e. The van der Waals surface area contributed by atoms with Crippen LogP contribution in [0.1, 0.15) is 23.6 Å². The molecular weight excluding hydrogens is 322 g/mol. The molecule has 1 aliphatic heterocycles. The normalized spacial score (nSPS) is 17.0. The van der Waals surface area contributed by atoms with Crippen molar-refractivity contribution in [3.8, 4) is 0 Å². The molecule has 1 N–H and O–H groups in total. The van der Waals surface area contributed by atoms with Crippen molar-refractivity contribution < 1.29 is 4.79 Å². The molecule has 2 aromatic rings. The Labute approximate surface area is 156 Å². The number of aryl methyl sites for hydroxylation is 2. The van der Waals surface area contributed by atoms with E-state index in [1.165, 1.54) is 5.56 Å². The highest BCUT2D eigenvalue weighted by molar-refractivity contribution is 5.95. The monoisotopic (exact) mass is 351 g/mol. The van der Waals surface area contributed by atoms with Gasteiger partial charge in [0.25, 0.3) is 0 Å². The van der Waals surface area contributed by atoms with Gasteiger partial charge in [0.05, 0.1) is 6.04 Å². The SMILES string of the molecule is Cc1cccc(C)c1NC(=O)[C@H](C)N1CCN(Cc2ccccc2)CC1. The number of rotatable bonds is 5. The van der Waals surface area contributed by atoms with Gasteiger partial charge in [-0.2, -0.15) is 0 Å². The van der Waals surface area contributed by atoms with Crippen LogP contribution in [0, 0.1) is 13.8 Å². The van der Waals surface area contributed by atoms with Crippen LogP contribution in [0.5, 0.6) is 0 Å². The van der Waals surface area contributed by atoms with Crippen LogP contribution in [0.25, 0.3) is 0 Å². The Morgan fingerprint density at radius 1 is 0.962 bits per heavy atom. The van der Waals surface area contributed by atoms with E-state index in [0.717, 1.165) is 49.5 Å². The summed E-state index contributed by atoms with van der Waals surface area (Å²) in [6.45, 7) is 10.9. The van der Waals surface area contributed by atoms with E-state index in [1.807, 2.05) is 39.0 Å². The van der Waals surface area contributed by atoms with Crippen molar-refractivity contribution in [2.75, 3.05) is 31.5 Å². The Balaban J connectivity index is 1.53. The maximum absolute atomic E-state index is 12.7. The number of anilines is 1. The van der Waals surface area contributed by atoms with E-state index < -0.39 is 0 Å². The molecule has 0 unspecified atom stereocenters. The van der Waals surface area contributed by atoms with Crippen molar-refractivity contribution >= 4 is 11.6 Å². The number of carbonyl (C=O) groups is 1. The lowest BCUT2D eigenvalue weighted by molar-refractivity contribution is -0.121. The molecule has 0 aromatic heterocycles. The van der Waals surface area contributed by atoms with Gasteiger partial charge in [-0.1, -0.05) is 48.5 Å². The van der Waals surface area contributed by atoms with Crippen LogP contribution >= 0.6 is 0 Å². The van der Waals surface area contributed by atoms with Crippen molar-refractivity contribution in [1.29, 1.82) is 0 Å². The summed E-state index contributed by atoms with van der Waals surface area (Å²) in [6, 6.07) is 16.6. The molecule has 0 spiro atoms. The highest BCUT2D eigenvalue weighted by atomic mass is 16.2. The minimum Gasteiger partial charge on any atom is -0.324 e. The molecule has 1 saturated heterocycles. The molecule has 0 aliphatic carbocycles. The zero-order chi connectivity index (χ0) is 18.5. The van der Waals surface area contributed by atoms with Gasteiger partial charge < -0.3 is 5.32 Å². The second-order valence-electron chi connectivity index (χ2n) is 7.23. The third-order valence-corrected chi connectivity index (χ3v) is 5.31. The summed E-state index contributed by atoms with van der Waals surface area (Å²) in [5, 5.41) is 3.13. The number of hydrogen-bond acceptors (Lipinski definition) is 3. The Kier molecular flexibility index (Phi) is 6.07. The van der Waals surface area contributed by atoms with E-state index >= 15 is 0 Å². The first kappa shape index (κ1) is 18.6. The minimum absolute atomic E-state index is 0.0823. The molecule has 2 aromatic carbocycles. The number of benzene rings is 2. The van der Waals surface area contributed by atoms with Crippen molar-refractivity contribution in [2.24, 2.45) is 0 Å². The van der Waals surface area contributed by atoms with Gasteiger partial charge in [0, 0.05) is 38.4 Å². The maximum atomic E-state index is 12.7. The highest BCUT2D eigenvalue weighted by Gasteiger charge is 2.26. The maximum Gasteiger partial charge on any atom is 0.241 e. The van der Waals surface area contributed by atoms with E-state index in [2.05, 4.69) is 45.4 Å². The zero-order valence-electron chi connectivity index (χ0n) is 16.0. The fraction of sp³-hybridized carbons (Fsp3) is 0.409. The van der Waals surface area contributed by atoms with Crippen LogP contribution in [0.3, 0.4) is 0 Å². The third-order valence-electron chi connectivity index (χ3n) is 5.31. The molecule has 0 bridgehead atoms. The highest BCUT2D eigenvalue weighted by Crippen LogP contribution is 2.20. The van der Waals surface area contributed by atoms with Gasteiger partial charge in [-0.05, 0) is 37.5 Å². The van der Waals surface area contributed by atoms with Gasteiger partial charge in [0.15, 0.2) is 0 Å². The predicted octanol–water partition coefficient (Wildman–Crippen LogP) is 3.45. The van der Waals surface area contributed by atoms with Gasteiger partial charge in [-0.15, -0.1) is 0 Å². The molecule has 1 aliphatic rings. The van der Waals surface area contributed by atoms with Crippen molar-refractivity contribution in [1.82, 2.24) is 9.80 Å². The van der Waals surface area contributed by atoms with Crippen molar-refractivity contribution in [3.63, 3.8) is 0 Å². The van der Waals surface area contributed by atoms with Gasteiger partial charge in [0.1, 0.15) is 0 Å². The van der Waals surface area contributed by atoms with E-state index in [9.17, 15) is 4.79 Å². The van der Waals surface area contributed by atoms with E-state index in [4.69, 9.17) is 0 Å². The number of carbonyl (C=O) groups excluding carboxylic acids is 1. The molecule has 1 fully saturated rings. The van der Waals surface area contributed by atoms with Crippen LogP contribution in [-0.4, -0.2) is 47.9 Å². The molecule has 1 amide bonds. The molecular formula is C22H29N3O. The predicted molar refractivity (Wildman–Crippen MR) is 107 cm³/mol. The van der Waals surface area contributed by atoms with E-state index in [0.29, 0.717) is 0 Å². The average Bonchev–Trinajstić information content (AvgIpc) is 2.65. The number of para-hydroxylation sites is 1. The van der Waals surface area contributed by atoms with Gasteiger partial charge in [-0.25, -0.2) is 0 Å². The standard InChI is InChI=1S/C22H29N3O/c1-17-8-7-9-18(2)21(17)23-22(26)19(3)25-14-12-24(13-15-25)16-20-10-5-4-6-11-20/h4-11,19H,12-16H2,1-3H3,(H,23,26)/t19-/m0/s1. The number of hydrogen-bond donors (Lipinski definition) is 1. The first-order valence-electron chi connectivity index (χ1n) is 9.42. The minimum atomic E-state index is -0.118. The lowest BCUT2D eigenvalue weighted by Gasteiger charge is -2.37. The van der Waals surface area contributed by atoms with Crippen LogP contribution in [0.4, 0.5) is 5.69 Å². The Morgan fingerprint density at radius 3 is 2.19 bits per heavy atom. The summed E-state index contributed by atoms with van der Waals surface area (Å²) in [6.07, 6.45) is 0. The number of amides is 1. The molecule has 1 heterocycles. The van der Waals surface area contributed by atoms with Crippen LogP contribution in [-0.2, 0) is 11.3 Å². The van der Waals surface area contributed by atoms with Crippen LogP contribution in [0.2, 0.25) is 0 Å². The second-order valence-corrected chi connectivity index (χ2v) is 7.23. The topological polar surface area (TPSA) is 35.6 Å². The lowest BCUT2D eigenvalue weighted by Crippen LogP contribution is -2.52. The van der Waals surface area contributed by atoms with E-state index in [-0.39, 0.29) is 11.9 Å². The molecule has 0 saturated carbocycles. The van der Waals surface area contributed by atoms with Crippen molar-refractivity contribution in [2.45, 2.75) is 33.4 Å². The third kappa shape index (κ3) is 4.51. The lowest BCUT2D eigenvalue weighted by atomic mass is 10.1. The van der Waals surface area contributed by atoms with Crippen LogP contribution in [0.15, 0.2) is 48.5 Å². The van der Waals surface area contributed by atoms with Gasteiger partial charge in [-0.3, -0.25) is 14.6 Å².